The number of carbonyl (C=O) groups excluding carboxylic acids is 2. The number of hydrogen-bond donors (Lipinski definition) is 1. The molecule has 2 amide bonds. The van der Waals surface area contributed by atoms with Crippen molar-refractivity contribution in [2.24, 2.45) is 5.92 Å². The molecule has 4 rings (SSSR count). The van der Waals surface area contributed by atoms with Gasteiger partial charge in [0.25, 0.3) is 5.91 Å². The number of rotatable bonds is 4. The molecule has 0 radical (unpaired) electrons. The number of halogens is 1. The molecule has 2 heterocycles. The van der Waals surface area contributed by atoms with Crippen molar-refractivity contribution in [1.29, 1.82) is 0 Å². The lowest BCUT2D eigenvalue weighted by Crippen LogP contribution is -2.35. The molecule has 1 aliphatic carbocycles. The molecule has 1 N–H and O–H groups in total. The highest BCUT2D eigenvalue weighted by molar-refractivity contribution is 6.30. The molecule has 0 atom stereocenters. The third-order valence-corrected chi connectivity index (χ3v) is 6.41. The number of benzene rings is 1. The third kappa shape index (κ3) is 5.56. The van der Waals surface area contributed by atoms with Gasteiger partial charge in [-0.1, -0.05) is 36.9 Å². The molecule has 0 unspecified atom stereocenters. The topological polar surface area (TPSA) is 65.5 Å². The highest BCUT2D eigenvalue weighted by Gasteiger charge is 2.23. The molecule has 1 saturated heterocycles. The summed E-state index contributed by atoms with van der Waals surface area (Å²) in [6, 6.07) is 11.0. The van der Waals surface area contributed by atoms with E-state index in [0.29, 0.717) is 30.2 Å². The van der Waals surface area contributed by atoms with E-state index in [1.54, 1.807) is 30.5 Å². The second-order valence-electron chi connectivity index (χ2n) is 8.37. The summed E-state index contributed by atoms with van der Waals surface area (Å²) >= 11 is 6.04. The standard InChI is InChI=1S/C24H29ClN4O2/c25-20-9-4-8-19(16-20)24(31)29-13-5-12-28(14-15-29)22-11-10-21(17-26-22)27-23(30)18-6-2-1-3-7-18/h4,8-11,16-18H,1-3,5-7,12-15H2,(H,27,30). The Morgan fingerprint density at radius 3 is 2.55 bits per heavy atom. The van der Waals surface area contributed by atoms with E-state index in [2.05, 4.69) is 15.2 Å². The lowest BCUT2D eigenvalue weighted by molar-refractivity contribution is -0.120. The van der Waals surface area contributed by atoms with Gasteiger partial charge < -0.3 is 15.1 Å². The number of carbonyl (C=O) groups is 2. The van der Waals surface area contributed by atoms with Crippen LogP contribution in [0.2, 0.25) is 5.02 Å². The molecule has 2 fully saturated rings. The van der Waals surface area contributed by atoms with Crippen molar-refractivity contribution in [2.75, 3.05) is 36.4 Å². The van der Waals surface area contributed by atoms with Crippen LogP contribution >= 0.6 is 11.6 Å². The van der Waals surface area contributed by atoms with Crippen molar-refractivity contribution in [3.8, 4) is 0 Å². The van der Waals surface area contributed by atoms with Crippen LogP contribution in [-0.4, -0.2) is 47.9 Å². The zero-order chi connectivity index (χ0) is 21.6. The Balaban J connectivity index is 1.33. The van der Waals surface area contributed by atoms with Crippen LogP contribution in [0.4, 0.5) is 11.5 Å². The van der Waals surface area contributed by atoms with Crippen molar-refractivity contribution in [3.05, 3.63) is 53.2 Å². The summed E-state index contributed by atoms with van der Waals surface area (Å²) in [5.41, 5.74) is 1.36. The first-order valence-electron chi connectivity index (χ1n) is 11.2. The molecule has 1 aliphatic heterocycles. The number of nitrogens with one attached hydrogen (secondary N) is 1. The number of aromatic nitrogens is 1. The lowest BCUT2D eigenvalue weighted by atomic mass is 9.88. The van der Waals surface area contributed by atoms with Gasteiger partial charge in [-0.3, -0.25) is 9.59 Å². The van der Waals surface area contributed by atoms with E-state index in [0.717, 1.165) is 50.2 Å². The van der Waals surface area contributed by atoms with E-state index in [1.165, 1.54) is 6.42 Å². The third-order valence-electron chi connectivity index (χ3n) is 6.17. The molecule has 2 aliphatic rings. The minimum atomic E-state index is 0.0121. The van der Waals surface area contributed by atoms with Crippen LogP contribution in [0.1, 0.15) is 48.9 Å². The molecule has 1 aromatic carbocycles. The summed E-state index contributed by atoms with van der Waals surface area (Å²) in [5, 5.41) is 3.59. The van der Waals surface area contributed by atoms with Crippen LogP contribution < -0.4 is 10.2 Å². The summed E-state index contributed by atoms with van der Waals surface area (Å²) in [4.78, 5) is 33.9. The number of nitrogens with zero attached hydrogens (tertiary/aromatic N) is 3. The van der Waals surface area contributed by atoms with E-state index in [-0.39, 0.29) is 17.7 Å². The number of pyridine rings is 1. The van der Waals surface area contributed by atoms with Gasteiger partial charge in [0.1, 0.15) is 5.82 Å². The van der Waals surface area contributed by atoms with E-state index in [9.17, 15) is 9.59 Å². The SMILES string of the molecule is O=C(Nc1ccc(N2CCCN(C(=O)c3cccc(Cl)c3)CC2)nc1)C1CCCCC1. The van der Waals surface area contributed by atoms with Crippen molar-refractivity contribution < 1.29 is 9.59 Å². The first kappa shape index (κ1) is 21.6. The fraction of sp³-hybridized carbons (Fsp3) is 0.458. The fourth-order valence-corrected chi connectivity index (χ4v) is 4.60. The Hall–Kier alpha value is -2.60. The Morgan fingerprint density at radius 1 is 0.968 bits per heavy atom. The Kier molecular flexibility index (Phi) is 7.07. The number of amides is 2. The first-order chi connectivity index (χ1) is 15.1. The molecule has 1 aromatic heterocycles. The monoisotopic (exact) mass is 440 g/mol. The van der Waals surface area contributed by atoms with Crippen molar-refractivity contribution in [1.82, 2.24) is 9.88 Å². The van der Waals surface area contributed by atoms with E-state index < -0.39 is 0 Å². The maximum atomic E-state index is 12.8. The van der Waals surface area contributed by atoms with Gasteiger partial charge in [0.15, 0.2) is 0 Å². The zero-order valence-electron chi connectivity index (χ0n) is 17.7. The minimum absolute atomic E-state index is 0.0121. The van der Waals surface area contributed by atoms with Crippen molar-refractivity contribution >= 4 is 34.9 Å². The van der Waals surface area contributed by atoms with Crippen LogP contribution in [-0.2, 0) is 4.79 Å². The summed E-state index contributed by atoms with van der Waals surface area (Å²) in [5.74, 6) is 1.12. The molecule has 0 spiro atoms. The van der Waals surface area contributed by atoms with Gasteiger partial charge in [-0.15, -0.1) is 0 Å². The van der Waals surface area contributed by atoms with E-state index in [1.807, 2.05) is 17.0 Å². The second-order valence-corrected chi connectivity index (χ2v) is 8.81. The highest BCUT2D eigenvalue weighted by atomic mass is 35.5. The summed E-state index contributed by atoms with van der Waals surface area (Å²) < 4.78 is 0. The van der Waals surface area contributed by atoms with Crippen LogP contribution in [0.3, 0.4) is 0 Å². The van der Waals surface area contributed by atoms with Gasteiger partial charge in [0, 0.05) is 42.7 Å². The average Bonchev–Trinajstić information content (AvgIpc) is 3.06. The van der Waals surface area contributed by atoms with Gasteiger partial charge >= 0.3 is 0 Å². The van der Waals surface area contributed by atoms with Crippen molar-refractivity contribution in [3.63, 3.8) is 0 Å². The maximum absolute atomic E-state index is 12.8. The molecular weight excluding hydrogens is 412 g/mol. The number of anilines is 2. The van der Waals surface area contributed by atoms with Crippen LogP contribution in [0.25, 0.3) is 0 Å². The molecule has 0 bridgehead atoms. The summed E-state index contributed by atoms with van der Waals surface area (Å²) in [6.07, 6.45) is 8.08. The fourth-order valence-electron chi connectivity index (χ4n) is 4.41. The van der Waals surface area contributed by atoms with Crippen molar-refractivity contribution in [2.45, 2.75) is 38.5 Å². The largest absolute Gasteiger partial charge is 0.355 e. The second kappa shape index (κ2) is 10.1. The predicted molar refractivity (Wildman–Crippen MR) is 124 cm³/mol. The molecule has 1 saturated carbocycles. The summed E-state index contributed by atoms with van der Waals surface area (Å²) in [6.45, 7) is 2.89. The smallest absolute Gasteiger partial charge is 0.253 e. The minimum Gasteiger partial charge on any atom is -0.355 e. The average molecular weight is 441 g/mol. The maximum Gasteiger partial charge on any atom is 0.253 e. The molecule has 164 valence electrons. The normalized spacial score (nSPS) is 17.8. The molecule has 6 nitrogen and oxygen atoms in total. The summed E-state index contributed by atoms with van der Waals surface area (Å²) in [7, 11) is 0. The first-order valence-corrected chi connectivity index (χ1v) is 11.5. The van der Waals surface area contributed by atoms with E-state index in [4.69, 9.17) is 11.6 Å². The molecular formula is C24H29ClN4O2. The van der Waals surface area contributed by atoms with Gasteiger partial charge in [-0.05, 0) is 49.6 Å². The zero-order valence-corrected chi connectivity index (χ0v) is 18.5. The Morgan fingerprint density at radius 2 is 1.81 bits per heavy atom. The Labute approximate surface area is 188 Å². The molecule has 31 heavy (non-hydrogen) atoms. The quantitative estimate of drug-likeness (QED) is 0.754. The number of hydrogen-bond acceptors (Lipinski definition) is 4. The van der Waals surface area contributed by atoms with Crippen LogP contribution in [0.15, 0.2) is 42.6 Å². The van der Waals surface area contributed by atoms with Crippen LogP contribution in [0.5, 0.6) is 0 Å². The molecule has 7 heteroatoms. The lowest BCUT2D eigenvalue weighted by Gasteiger charge is -2.23. The van der Waals surface area contributed by atoms with Gasteiger partial charge in [-0.2, -0.15) is 0 Å². The Bertz CT molecular complexity index is 912. The van der Waals surface area contributed by atoms with Gasteiger partial charge in [0.2, 0.25) is 5.91 Å². The predicted octanol–water partition coefficient (Wildman–Crippen LogP) is 4.61. The van der Waals surface area contributed by atoms with E-state index >= 15 is 0 Å². The van der Waals surface area contributed by atoms with Crippen LogP contribution in [0, 0.1) is 5.92 Å². The van der Waals surface area contributed by atoms with Gasteiger partial charge in [0.05, 0.1) is 11.9 Å². The highest BCUT2D eigenvalue weighted by Crippen LogP contribution is 2.25. The van der Waals surface area contributed by atoms with Gasteiger partial charge in [-0.25, -0.2) is 4.98 Å². The molecule has 2 aromatic rings.